The van der Waals surface area contributed by atoms with E-state index >= 15 is 0 Å². The summed E-state index contributed by atoms with van der Waals surface area (Å²) in [5, 5.41) is 23.5. The number of aliphatic carboxylic acids is 1. The fraction of sp³-hybridized carbons (Fsp3) is 0.400. The zero-order chi connectivity index (χ0) is 23.2. The Kier molecular flexibility index (Phi) is 5.32. The number of aliphatic hydroxyl groups excluding tert-OH is 1. The minimum Gasteiger partial charge on any atom is -0.480 e. The monoisotopic (exact) mass is 450 g/mol. The smallest absolute Gasteiger partial charge is 0.407 e. The fourth-order valence-electron chi connectivity index (χ4n) is 5.58. The van der Waals surface area contributed by atoms with E-state index in [0.29, 0.717) is 19.3 Å². The molecule has 0 saturated heterocycles. The molecular weight excluding hydrogens is 424 g/mol. The van der Waals surface area contributed by atoms with Gasteiger partial charge in [-0.25, -0.2) is 9.59 Å². The number of fused-ring (bicyclic) bond motifs is 4. The molecule has 172 valence electrons. The molecule has 0 heterocycles. The van der Waals surface area contributed by atoms with E-state index in [-0.39, 0.29) is 30.4 Å². The molecule has 0 unspecified atom stereocenters. The van der Waals surface area contributed by atoms with Crippen LogP contribution in [0, 0.1) is 11.3 Å². The second-order valence-electron chi connectivity index (χ2n) is 9.21. The van der Waals surface area contributed by atoms with E-state index in [2.05, 4.69) is 34.9 Å². The lowest BCUT2D eigenvalue weighted by molar-refractivity contribution is -0.144. The number of ether oxygens (including phenoxy) is 1. The minimum absolute atomic E-state index is 0.0244. The summed E-state index contributed by atoms with van der Waals surface area (Å²) in [7, 11) is 0. The number of carboxylic acid groups (broad SMARTS) is 1. The lowest BCUT2D eigenvalue weighted by atomic mass is 9.98. The Balaban J connectivity index is 1.17. The van der Waals surface area contributed by atoms with Gasteiger partial charge in [0, 0.05) is 12.0 Å². The summed E-state index contributed by atoms with van der Waals surface area (Å²) in [6.45, 7) is -0.443. The van der Waals surface area contributed by atoms with Crippen LogP contribution in [-0.2, 0) is 14.3 Å². The molecular formula is C25H26N2O6. The van der Waals surface area contributed by atoms with Gasteiger partial charge in [0.25, 0.3) is 0 Å². The highest BCUT2D eigenvalue weighted by Gasteiger charge is 2.65. The van der Waals surface area contributed by atoms with Crippen LogP contribution in [0.25, 0.3) is 11.1 Å². The number of alkyl carbamates (subject to hydrolysis) is 1. The van der Waals surface area contributed by atoms with Gasteiger partial charge in [-0.2, -0.15) is 0 Å². The maximum absolute atomic E-state index is 12.6. The van der Waals surface area contributed by atoms with Crippen molar-refractivity contribution in [3.63, 3.8) is 0 Å². The van der Waals surface area contributed by atoms with Gasteiger partial charge in [-0.3, -0.25) is 4.79 Å². The Bertz CT molecular complexity index is 1070. The van der Waals surface area contributed by atoms with Gasteiger partial charge in [-0.1, -0.05) is 48.5 Å². The van der Waals surface area contributed by atoms with Crippen molar-refractivity contribution in [2.45, 2.75) is 37.3 Å². The van der Waals surface area contributed by atoms with E-state index < -0.39 is 30.1 Å². The predicted molar refractivity (Wildman–Crippen MR) is 118 cm³/mol. The van der Waals surface area contributed by atoms with Crippen LogP contribution in [0.1, 0.15) is 36.3 Å². The number of aliphatic hydroxyl groups is 1. The van der Waals surface area contributed by atoms with Crippen molar-refractivity contribution in [3.8, 4) is 11.1 Å². The quantitative estimate of drug-likeness (QED) is 0.513. The van der Waals surface area contributed by atoms with E-state index in [1.165, 1.54) is 0 Å². The van der Waals surface area contributed by atoms with Gasteiger partial charge in [0.15, 0.2) is 0 Å². The van der Waals surface area contributed by atoms with Gasteiger partial charge in [0.05, 0.1) is 12.0 Å². The Hall–Kier alpha value is -3.39. The first-order valence-electron chi connectivity index (χ1n) is 11.2. The van der Waals surface area contributed by atoms with Crippen LogP contribution < -0.4 is 10.6 Å². The van der Waals surface area contributed by atoms with Gasteiger partial charge in [-0.15, -0.1) is 0 Å². The first-order valence-corrected chi connectivity index (χ1v) is 11.2. The minimum atomic E-state index is -1.32. The van der Waals surface area contributed by atoms with E-state index in [1.807, 2.05) is 24.3 Å². The predicted octanol–water partition coefficient (Wildman–Crippen LogP) is 2.26. The van der Waals surface area contributed by atoms with E-state index in [1.54, 1.807) is 0 Å². The number of carboxylic acids is 1. The third-order valence-corrected chi connectivity index (χ3v) is 7.32. The largest absolute Gasteiger partial charge is 0.480 e. The molecule has 0 spiro atoms. The van der Waals surface area contributed by atoms with Gasteiger partial charge < -0.3 is 25.6 Å². The summed E-state index contributed by atoms with van der Waals surface area (Å²) >= 11 is 0. The molecule has 8 heteroatoms. The fourth-order valence-corrected chi connectivity index (χ4v) is 5.58. The highest BCUT2D eigenvalue weighted by molar-refractivity contribution is 5.90. The number of benzene rings is 2. The van der Waals surface area contributed by atoms with Crippen LogP contribution in [-0.4, -0.2) is 53.5 Å². The zero-order valence-corrected chi connectivity index (χ0v) is 18.0. The number of nitrogens with one attached hydrogen (secondary N) is 2. The highest BCUT2D eigenvalue weighted by Crippen LogP contribution is 2.63. The van der Waals surface area contributed by atoms with Crippen LogP contribution >= 0.6 is 0 Å². The summed E-state index contributed by atoms with van der Waals surface area (Å²) in [6, 6.07) is 14.7. The molecule has 2 saturated carbocycles. The molecule has 0 aromatic heterocycles. The average molecular weight is 450 g/mol. The molecule has 8 nitrogen and oxygen atoms in total. The molecule has 2 amide bonds. The van der Waals surface area contributed by atoms with Crippen molar-refractivity contribution >= 4 is 18.0 Å². The molecule has 2 aromatic carbocycles. The summed E-state index contributed by atoms with van der Waals surface area (Å²) in [4.78, 5) is 36.3. The molecule has 5 rings (SSSR count). The maximum Gasteiger partial charge on any atom is 0.407 e. The summed E-state index contributed by atoms with van der Waals surface area (Å²) < 4.78 is 5.60. The van der Waals surface area contributed by atoms with E-state index in [0.717, 1.165) is 22.3 Å². The topological polar surface area (TPSA) is 125 Å². The lowest BCUT2D eigenvalue weighted by Gasteiger charge is -2.20. The maximum atomic E-state index is 12.6. The third-order valence-electron chi connectivity index (χ3n) is 7.32. The number of carbonyl (C=O) groups is 3. The van der Waals surface area contributed by atoms with E-state index in [9.17, 15) is 14.4 Å². The molecule has 33 heavy (non-hydrogen) atoms. The second-order valence-corrected chi connectivity index (χ2v) is 9.21. The third kappa shape index (κ3) is 3.74. The molecule has 0 aliphatic heterocycles. The van der Waals surface area contributed by atoms with E-state index in [4.69, 9.17) is 14.9 Å². The van der Waals surface area contributed by atoms with Crippen LogP contribution in [0.3, 0.4) is 0 Å². The molecule has 0 bridgehead atoms. The number of rotatable bonds is 7. The molecule has 2 fully saturated rings. The van der Waals surface area contributed by atoms with Crippen molar-refractivity contribution in [1.82, 2.24) is 10.6 Å². The highest BCUT2D eigenvalue weighted by atomic mass is 16.5. The second kappa shape index (κ2) is 8.19. The van der Waals surface area contributed by atoms with Crippen molar-refractivity contribution in [2.24, 2.45) is 11.3 Å². The molecule has 4 atom stereocenters. The Labute approximate surface area is 191 Å². The van der Waals surface area contributed by atoms with Crippen LogP contribution in [0.5, 0.6) is 0 Å². The zero-order valence-electron chi connectivity index (χ0n) is 18.0. The number of amides is 2. The number of carbonyl (C=O) groups excluding carboxylic acids is 2. The Morgan fingerprint density at radius 3 is 2.27 bits per heavy atom. The van der Waals surface area contributed by atoms with Crippen LogP contribution in [0.2, 0.25) is 0 Å². The SMILES string of the molecule is O=C(N[C@@H]1C[C@H]2C[C@@]2(C(=O)N[C@H](CO)C(=O)O)C1)OCC1c2ccccc2-c2ccccc21. The van der Waals surface area contributed by atoms with Crippen molar-refractivity contribution in [1.29, 1.82) is 0 Å². The molecule has 0 radical (unpaired) electrons. The standard InChI is InChI=1S/C25H26N2O6/c28-12-21(22(29)30)27-23(31)25-10-14(25)9-15(11-25)26-24(32)33-13-20-18-7-3-1-5-16(18)17-6-2-4-8-19(17)20/h1-8,14-15,20-21,28H,9-13H2,(H,26,32)(H,27,31)(H,29,30)/t14-,15+,21+,25+/m0/s1. The average Bonchev–Trinajstić information content (AvgIpc) is 3.24. The van der Waals surface area contributed by atoms with Gasteiger partial charge >= 0.3 is 12.1 Å². The molecule has 2 aromatic rings. The van der Waals surface area contributed by atoms with Crippen molar-refractivity contribution < 1.29 is 29.3 Å². The molecule has 3 aliphatic carbocycles. The van der Waals surface area contributed by atoms with Crippen molar-refractivity contribution in [3.05, 3.63) is 59.7 Å². The summed E-state index contributed by atoms with van der Waals surface area (Å²) in [5.74, 6) is -1.57. The lowest BCUT2D eigenvalue weighted by Crippen LogP contribution is -2.47. The van der Waals surface area contributed by atoms with Gasteiger partial charge in [0.1, 0.15) is 12.6 Å². The first kappa shape index (κ1) is 21.5. The Morgan fingerprint density at radius 1 is 1.03 bits per heavy atom. The van der Waals surface area contributed by atoms with Crippen molar-refractivity contribution in [2.75, 3.05) is 13.2 Å². The summed E-state index contributed by atoms with van der Waals surface area (Å²) in [5.41, 5.74) is 3.94. The number of hydrogen-bond donors (Lipinski definition) is 4. The Morgan fingerprint density at radius 2 is 1.67 bits per heavy atom. The van der Waals surface area contributed by atoms with Crippen LogP contribution in [0.4, 0.5) is 4.79 Å². The molecule has 4 N–H and O–H groups in total. The summed E-state index contributed by atoms with van der Waals surface area (Å²) in [6.07, 6.45) is 1.23. The normalized spacial score (nSPS) is 25.4. The number of hydrogen-bond acceptors (Lipinski definition) is 5. The van der Waals surface area contributed by atoms with Crippen LogP contribution in [0.15, 0.2) is 48.5 Å². The first-order chi connectivity index (χ1) is 15.9. The van der Waals surface area contributed by atoms with Gasteiger partial charge in [0.2, 0.25) is 5.91 Å². The molecule has 3 aliphatic rings. The van der Waals surface area contributed by atoms with Gasteiger partial charge in [-0.05, 0) is 47.4 Å².